The van der Waals surface area contributed by atoms with Crippen LogP contribution in [0.1, 0.15) is 290 Å². The molecule has 0 aromatic rings. The van der Waals surface area contributed by atoms with Crippen molar-refractivity contribution >= 4 is 5.91 Å². The van der Waals surface area contributed by atoms with Crippen LogP contribution in [0.5, 0.6) is 0 Å². The third kappa shape index (κ3) is 37.4. The first-order valence-electron chi connectivity index (χ1n) is 33.7. The molecular formula is C67H125NO13. The fourth-order valence-electron chi connectivity index (χ4n) is 11.1. The van der Waals surface area contributed by atoms with E-state index in [4.69, 9.17) is 18.9 Å². The summed E-state index contributed by atoms with van der Waals surface area (Å²) in [5.74, 6) is -0.250. The normalized spacial score (nSPS) is 24.3. The summed E-state index contributed by atoms with van der Waals surface area (Å²) < 4.78 is 22.7. The minimum atomic E-state index is -1.79. The zero-order valence-electron chi connectivity index (χ0n) is 51.5. The third-order valence-corrected chi connectivity index (χ3v) is 16.6. The van der Waals surface area contributed by atoms with Crippen LogP contribution in [0.4, 0.5) is 0 Å². The first-order valence-corrected chi connectivity index (χ1v) is 33.7. The first-order chi connectivity index (χ1) is 39.6. The van der Waals surface area contributed by atoms with E-state index in [-0.39, 0.29) is 18.9 Å². The summed E-state index contributed by atoms with van der Waals surface area (Å²) in [6.07, 6.45) is 49.6. The van der Waals surface area contributed by atoms with Crippen LogP contribution < -0.4 is 5.32 Å². The number of amides is 1. The zero-order valence-corrected chi connectivity index (χ0v) is 51.5. The van der Waals surface area contributed by atoms with Gasteiger partial charge in [0.2, 0.25) is 5.91 Å². The van der Waals surface area contributed by atoms with E-state index in [1.807, 2.05) is 6.08 Å². The molecule has 0 aromatic carbocycles. The van der Waals surface area contributed by atoms with Gasteiger partial charge in [0.15, 0.2) is 12.6 Å². The average molecular weight is 1150 g/mol. The lowest BCUT2D eigenvalue weighted by molar-refractivity contribution is -0.359. The average Bonchev–Trinajstić information content (AvgIpc) is 3.48. The number of hydrogen-bond donors (Lipinski definition) is 9. The third-order valence-electron chi connectivity index (χ3n) is 16.6. The number of rotatable bonds is 55. The van der Waals surface area contributed by atoms with E-state index in [1.165, 1.54) is 212 Å². The number of carbonyl (C=O) groups is 1. The van der Waals surface area contributed by atoms with E-state index in [2.05, 4.69) is 43.5 Å². The molecule has 0 saturated carbocycles. The van der Waals surface area contributed by atoms with E-state index in [1.54, 1.807) is 6.08 Å². The SMILES string of the molecule is CCCC/C=C/CC/C=C/CC/C=C/C(O)C(COC1OC(CO)C(OC2OC(CO)C(O)C(O)C2O)C(O)C1O)NC(=O)CCCCCCCCCCCCCCCCCCCCCCCCCCCCCCCCCCCCC. The number of ether oxygens (including phenoxy) is 4. The molecule has 476 valence electrons. The Morgan fingerprint density at radius 3 is 1.20 bits per heavy atom. The molecule has 2 rings (SSSR count). The van der Waals surface area contributed by atoms with Gasteiger partial charge in [-0.2, -0.15) is 0 Å². The standard InChI is InChI=1S/C67H125NO13/c1-3-5-7-9-11-13-15-17-18-19-20-21-22-23-24-25-26-27-28-29-30-31-32-33-34-35-36-37-38-39-41-43-45-47-49-51-59(72)68-55(56(71)50-48-46-44-42-40-16-14-12-10-8-6-4-2)54-78-66-64(77)62(75)65(58(53-70)80-66)81-67-63(76)61(74)60(73)57(52-69)79-67/h10,12,40,42,48,50,55-58,60-67,69-71,73-77H,3-9,11,13-39,41,43-47,49,51-54H2,1-2H3,(H,68,72)/b12-10+,42-40+,50-48+. The second-order valence-corrected chi connectivity index (χ2v) is 23.9. The van der Waals surface area contributed by atoms with Crippen LogP contribution in [0, 0.1) is 0 Å². The maximum atomic E-state index is 13.3. The van der Waals surface area contributed by atoms with E-state index >= 15 is 0 Å². The molecule has 0 bridgehead atoms. The molecule has 81 heavy (non-hydrogen) atoms. The second-order valence-electron chi connectivity index (χ2n) is 23.9. The molecule has 12 atom stereocenters. The van der Waals surface area contributed by atoms with Gasteiger partial charge >= 0.3 is 0 Å². The summed E-state index contributed by atoms with van der Waals surface area (Å²) in [7, 11) is 0. The number of carbonyl (C=O) groups excluding carboxylic acids is 1. The molecule has 0 spiro atoms. The Hall–Kier alpha value is -1.79. The summed E-state index contributed by atoms with van der Waals surface area (Å²) in [5.41, 5.74) is 0. The van der Waals surface area contributed by atoms with E-state index < -0.39 is 86.8 Å². The second kappa shape index (κ2) is 52.5. The molecule has 0 aliphatic carbocycles. The van der Waals surface area contributed by atoms with Gasteiger partial charge < -0.3 is 65.1 Å². The van der Waals surface area contributed by atoms with Gasteiger partial charge in [0.05, 0.1) is 32.0 Å². The van der Waals surface area contributed by atoms with Gasteiger partial charge in [-0.15, -0.1) is 0 Å². The minimum Gasteiger partial charge on any atom is -0.394 e. The van der Waals surface area contributed by atoms with Crippen molar-refractivity contribution in [2.45, 2.75) is 364 Å². The lowest BCUT2D eigenvalue weighted by Gasteiger charge is -2.46. The molecular weight excluding hydrogens is 1030 g/mol. The van der Waals surface area contributed by atoms with Gasteiger partial charge in [0.25, 0.3) is 0 Å². The molecule has 0 radical (unpaired) electrons. The fraction of sp³-hybridized carbons (Fsp3) is 0.896. The van der Waals surface area contributed by atoms with E-state index in [0.717, 1.165) is 44.9 Å². The number of nitrogens with one attached hydrogen (secondary N) is 1. The van der Waals surface area contributed by atoms with Crippen molar-refractivity contribution in [1.82, 2.24) is 5.32 Å². The lowest BCUT2D eigenvalue weighted by Crippen LogP contribution is -2.65. The fourth-order valence-corrected chi connectivity index (χ4v) is 11.1. The van der Waals surface area contributed by atoms with Crippen LogP contribution in [-0.4, -0.2) is 140 Å². The Balaban J connectivity index is 1.58. The highest BCUT2D eigenvalue weighted by Crippen LogP contribution is 2.30. The van der Waals surface area contributed by atoms with Gasteiger partial charge in [-0.3, -0.25) is 4.79 Å². The lowest BCUT2D eigenvalue weighted by atomic mass is 9.97. The van der Waals surface area contributed by atoms with Crippen LogP contribution in [0.3, 0.4) is 0 Å². The Bertz CT molecular complexity index is 1500. The summed E-state index contributed by atoms with van der Waals surface area (Å²) in [6, 6.07) is -0.935. The molecule has 9 N–H and O–H groups in total. The topological polar surface area (TPSA) is 228 Å². The van der Waals surface area contributed by atoms with Crippen LogP contribution in [-0.2, 0) is 23.7 Å². The maximum Gasteiger partial charge on any atom is 0.220 e. The largest absolute Gasteiger partial charge is 0.394 e. The van der Waals surface area contributed by atoms with Gasteiger partial charge in [-0.25, -0.2) is 0 Å². The van der Waals surface area contributed by atoms with E-state index in [9.17, 15) is 45.6 Å². The number of unbranched alkanes of at least 4 members (excludes halogenated alkanes) is 38. The molecule has 0 aromatic heterocycles. The molecule has 2 aliphatic heterocycles. The molecule has 14 heteroatoms. The molecule has 2 saturated heterocycles. The van der Waals surface area contributed by atoms with Crippen molar-refractivity contribution < 1.29 is 64.6 Å². The molecule has 1 amide bonds. The minimum absolute atomic E-state index is 0.250. The summed E-state index contributed by atoms with van der Waals surface area (Å²) in [6.45, 7) is 2.74. The Morgan fingerprint density at radius 1 is 0.432 bits per heavy atom. The van der Waals surface area contributed by atoms with E-state index in [0.29, 0.717) is 12.8 Å². The number of hydrogen-bond acceptors (Lipinski definition) is 13. The zero-order chi connectivity index (χ0) is 58.8. The van der Waals surface area contributed by atoms with Crippen molar-refractivity contribution in [3.05, 3.63) is 36.5 Å². The maximum absolute atomic E-state index is 13.3. The van der Waals surface area contributed by atoms with Crippen LogP contribution in [0.25, 0.3) is 0 Å². The number of allylic oxidation sites excluding steroid dienone is 5. The molecule has 2 aliphatic rings. The van der Waals surface area contributed by atoms with Crippen molar-refractivity contribution in [2.24, 2.45) is 0 Å². The molecule has 2 heterocycles. The predicted octanol–water partition coefficient (Wildman–Crippen LogP) is 13.0. The molecule has 2 fully saturated rings. The van der Waals surface area contributed by atoms with Gasteiger partial charge in [-0.1, -0.05) is 281 Å². The van der Waals surface area contributed by atoms with Crippen LogP contribution in [0.15, 0.2) is 36.5 Å². The van der Waals surface area contributed by atoms with Crippen LogP contribution >= 0.6 is 0 Å². The van der Waals surface area contributed by atoms with Crippen molar-refractivity contribution in [3.63, 3.8) is 0 Å². The van der Waals surface area contributed by atoms with Gasteiger partial charge in [0, 0.05) is 6.42 Å². The van der Waals surface area contributed by atoms with Crippen molar-refractivity contribution in [2.75, 3.05) is 19.8 Å². The Labute approximate surface area is 493 Å². The monoisotopic (exact) mass is 1150 g/mol. The number of aliphatic hydroxyl groups excluding tert-OH is 8. The van der Waals surface area contributed by atoms with Crippen LogP contribution in [0.2, 0.25) is 0 Å². The molecule has 14 nitrogen and oxygen atoms in total. The van der Waals surface area contributed by atoms with Gasteiger partial charge in [-0.05, 0) is 38.5 Å². The summed E-state index contributed by atoms with van der Waals surface area (Å²) in [4.78, 5) is 13.3. The van der Waals surface area contributed by atoms with Crippen molar-refractivity contribution in [1.29, 1.82) is 0 Å². The smallest absolute Gasteiger partial charge is 0.220 e. The highest BCUT2D eigenvalue weighted by Gasteiger charge is 2.51. The quantitative estimate of drug-likeness (QED) is 0.0204. The highest BCUT2D eigenvalue weighted by molar-refractivity contribution is 5.76. The predicted molar refractivity (Wildman–Crippen MR) is 328 cm³/mol. The Morgan fingerprint density at radius 2 is 0.790 bits per heavy atom. The van der Waals surface area contributed by atoms with Gasteiger partial charge in [0.1, 0.15) is 48.8 Å². The first kappa shape index (κ1) is 75.3. The number of aliphatic hydroxyl groups is 8. The van der Waals surface area contributed by atoms with Crippen molar-refractivity contribution in [3.8, 4) is 0 Å². The Kier molecular flexibility index (Phi) is 48.8. The molecule has 12 unspecified atom stereocenters. The summed E-state index contributed by atoms with van der Waals surface area (Å²) in [5, 5.41) is 87.0. The summed E-state index contributed by atoms with van der Waals surface area (Å²) >= 11 is 0. The highest BCUT2D eigenvalue weighted by atomic mass is 16.7.